The van der Waals surface area contributed by atoms with Gasteiger partial charge in [-0.1, -0.05) is 5.21 Å². The summed E-state index contributed by atoms with van der Waals surface area (Å²) < 4.78 is 47.3. The van der Waals surface area contributed by atoms with Crippen molar-refractivity contribution in [2.24, 2.45) is 0 Å². The van der Waals surface area contributed by atoms with Crippen molar-refractivity contribution in [1.29, 1.82) is 0 Å². The predicted molar refractivity (Wildman–Crippen MR) is 131 cm³/mol. The summed E-state index contributed by atoms with van der Waals surface area (Å²) in [5.74, 6) is -2.41. The Morgan fingerprint density at radius 3 is 2.45 bits per heavy atom. The third kappa shape index (κ3) is 9.67. The fourth-order valence-electron chi connectivity index (χ4n) is 3.39. The molecule has 1 saturated carbocycles. The van der Waals surface area contributed by atoms with Gasteiger partial charge in [0, 0.05) is 18.9 Å². The van der Waals surface area contributed by atoms with Gasteiger partial charge in [0.1, 0.15) is 6.17 Å². The van der Waals surface area contributed by atoms with E-state index >= 15 is 0 Å². The molecule has 3 aromatic rings. The van der Waals surface area contributed by atoms with Crippen LogP contribution < -0.4 is 10.6 Å². The molecule has 214 valence electrons. The number of carbonyl (C=O) groups excluding carboxylic acids is 2. The van der Waals surface area contributed by atoms with Gasteiger partial charge in [0.05, 0.1) is 24.9 Å². The third-order valence-corrected chi connectivity index (χ3v) is 5.56. The van der Waals surface area contributed by atoms with Crippen molar-refractivity contribution in [1.82, 2.24) is 35.5 Å². The van der Waals surface area contributed by atoms with E-state index in [0.29, 0.717) is 23.9 Å². The van der Waals surface area contributed by atoms with Crippen molar-refractivity contribution in [2.75, 3.05) is 12.4 Å². The van der Waals surface area contributed by atoms with E-state index in [2.05, 4.69) is 36.1 Å². The number of aromatic nitrogens is 6. The molecule has 0 bridgehead atoms. The maximum atomic E-state index is 14.3. The average Bonchev–Trinajstić information content (AvgIpc) is 3.66. The van der Waals surface area contributed by atoms with E-state index in [1.54, 1.807) is 18.3 Å². The van der Waals surface area contributed by atoms with Crippen LogP contribution in [0.4, 0.5) is 23.4 Å². The van der Waals surface area contributed by atoms with Crippen LogP contribution in [0.15, 0.2) is 36.7 Å². The van der Waals surface area contributed by atoms with E-state index in [9.17, 15) is 27.2 Å². The average molecular weight is 567 g/mol. The van der Waals surface area contributed by atoms with Crippen LogP contribution in [0.25, 0.3) is 0 Å². The van der Waals surface area contributed by atoms with Crippen LogP contribution in [0.2, 0.25) is 0 Å². The molecule has 2 amide bonds. The Morgan fingerprint density at radius 1 is 1.12 bits per heavy atom. The second-order valence-corrected chi connectivity index (χ2v) is 8.83. The van der Waals surface area contributed by atoms with E-state index in [0.717, 1.165) is 5.69 Å². The van der Waals surface area contributed by atoms with Crippen LogP contribution >= 0.6 is 0 Å². The molecular weight excluding hydrogens is 540 g/mol. The summed E-state index contributed by atoms with van der Waals surface area (Å²) in [6.07, 6.45) is 0.00400. The van der Waals surface area contributed by atoms with Gasteiger partial charge < -0.3 is 15.7 Å². The number of amides is 2. The largest absolute Gasteiger partial charge is 0.490 e. The Morgan fingerprint density at radius 2 is 1.85 bits per heavy atom. The van der Waals surface area contributed by atoms with Gasteiger partial charge in [0.2, 0.25) is 5.91 Å². The fourth-order valence-corrected chi connectivity index (χ4v) is 3.39. The number of nitrogens with one attached hydrogen (secondary N) is 2. The highest BCUT2D eigenvalue weighted by atomic mass is 19.4. The van der Waals surface area contributed by atoms with Gasteiger partial charge in [-0.25, -0.2) is 13.9 Å². The molecule has 0 aromatic carbocycles. The van der Waals surface area contributed by atoms with E-state index in [-0.39, 0.29) is 36.9 Å². The summed E-state index contributed by atoms with van der Waals surface area (Å²) in [6.45, 7) is -0.0124. The second kappa shape index (κ2) is 13.5. The molecule has 0 spiro atoms. The van der Waals surface area contributed by atoms with E-state index in [1.165, 1.54) is 36.3 Å². The monoisotopic (exact) mass is 566 g/mol. The first-order chi connectivity index (χ1) is 18.9. The van der Waals surface area contributed by atoms with Gasteiger partial charge in [0.25, 0.3) is 5.91 Å². The van der Waals surface area contributed by atoms with Crippen molar-refractivity contribution < 1.29 is 37.1 Å². The van der Waals surface area contributed by atoms with Gasteiger partial charge in [-0.3, -0.25) is 14.6 Å². The van der Waals surface area contributed by atoms with Crippen molar-refractivity contribution in [2.45, 2.75) is 56.9 Å². The second-order valence-electron chi connectivity index (χ2n) is 8.83. The summed E-state index contributed by atoms with van der Waals surface area (Å²) in [5.41, 5.74) is 2.71. The molecule has 1 fully saturated rings. The van der Waals surface area contributed by atoms with Crippen molar-refractivity contribution in [3.63, 3.8) is 0 Å². The molecule has 0 saturated heterocycles. The lowest BCUT2D eigenvalue weighted by atomic mass is 10.1. The molecule has 4 rings (SSSR count). The minimum absolute atomic E-state index is 0.0124. The Kier molecular flexibility index (Phi) is 10.2. The summed E-state index contributed by atoms with van der Waals surface area (Å²) in [6, 6.07) is 7.34. The molecule has 0 unspecified atom stereocenters. The molecule has 16 heteroatoms. The fraction of sp³-hybridized carbons (Fsp3) is 0.417. The van der Waals surface area contributed by atoms with E-state index in [4.69, 9.17) is 9.90 Å². The van der Waals surface area contributed by atoms with Gasteiger partial charge in [-0.05, 0) is 61.4 Å². The Hall–Kier alpha value is -4.50. The smallest absolute Gasteiger partial charge is 0.475 e. The molecule has 0 radical (unpaired) electrons. The number of nitrogens with zero attached hydrogens (tertiary/aromatic N) is 6. The maximum absolute atomic E-state index is 14.3. The zero-order valence-corrected chi connectivity index (χ0v) is 21.2. The lowest BCUT2D eigenvalue weighted by molar-refractivity contribution is -0.192. The summed E-state index contributed by atoms with van der Waals surface area (Å²) >= 11 is 0. The molecule has 1 atom stereocenters. The summed E-state index contributed by atoms with van der Waals surface area (Å²) in [4.78, 5) is 37.0. The molecule has 3 N–H and O–H groups in total. The van der Waals surface area contributed by atoms with Gasteiger partial charge >= 0.3 is 12.1 Å². The van der Waals surface area contributed by atoms with Gasteiger partial charge in [-0.15, -0.1) is 10.2 Å². The highest BCUT2D eigenvalue weighted by molar-refractivity contribution is 5.91. The zero-order valence-electron chi connectivity index (χ0n) is 21.2. The molecule has 3 heterocycles. The number of aryl methyl sites for hydroxylation is 1. The highest BCUT2D eigenvalue weighted by Crippen LogP contribution is 2.39. The molecule has 1 aliphatic rings. The Balaban J connectivity index is 0.000000559. The first-order valence-electron chi connectivity index (χ1n) is 12.1. The number of aliphatic carboxylic acids is 1. The molecular formula is C24H26F4N8O4. The summed E-state index contributed by atoms with van der Waals surface area (Å²) in [7, 11) is 1.49. The SMILES string of the molecule is CNC(=O)c1cn(C[C@H](F)CCc2ccc(NC(=O)Cc3cc(C4CC4)ccn3)nn2)nn1.O=C(O)C(F)(F)F. The topological polar surface area (TPSA) is 165 Å². The van der Waals surface area contributed by atoms with Crippen LogP contribution in [-0.2, 0) is 29.0 Å². The highest BCUT2D eigenvalue weighted by Gasteiger charge is 2.38. The number of rotatable bonds is 10. The molecule has 1 aliphatic carbocycles. The Labute approximate surface area is 225 Å². The number of carbonyl (C=O) groups is 3. The van der Waals surface area contributed by atoms with Crippen LogP contribution in [0.1, 0.15) is 52.6 Å². The number of hydrogen-bond donors (Lipinski definition) is 3. The van der Waals surface area contributed by atoms with Crippen LogP contribution in [-0.4, -0.2) is 72.5 Å². The quantitative estimate of drug-likeness (QED) is 0.313. The van der Waals surface area contributed by atoms with Crippen LogP contribution in [0.5, 0.6) is 0 Å². The van der Waals surface area contributed by atoms with Crippen LogP contribution in [0, 0.1) is 0 Å². The maximum Gasteiger partial charge on any atom is 0.490 e. The van der Waals surface area contributed by atoms with E-state index < -0.39 is 18.3 Å². The number of carboxylic acids is 1. The lowest BCUT2D eigenvalue weighted by Gasteiger charge is -2.08. The number of carboxylic acid groups (broad SMARTS) is 1. The zero-order chi connectivity index (χ0) is 29.3. The number of alkyl halides is 4. The number of hydrogen-bond acceptors (Lipinski definition) is 8. The first kappa shape index (κ1) is 30.0. The Bertz CT molecular complexity index is 1310. The molecule has 3 aromatic heterocycles. The van der Waals surface area contributed by atoms with Crippen molar-refractivity contribution >= 4 is 23.6 Å². The molecule has 12 nitrogen and oxygen atoms in total. The van der Waals surface area contributed by atoms with Crippen molar-refractivity contribution in [3.05, 3.63) is 59.3 Å². The standard InChI is InChI=1S/C22H25FN8O2.C2HF3O2/c1-24-22(33)19-13-31(30-28-19)12-16(23)4-5-17-6-7-20(29-27-17)26-21(32)11-18-10-15(8-9-25-18)14-2-3-14;3-2(4,5)1(6)7/h6-10,13-14,16H,2-5,11-12H2,1H3,(H,24,33)(H,26,29,32);(H,6,7)/t16-;/m1./s1. The third-order valence-electron chi connectivity index (χ3n) is 5.56. The normalized spacial score (nSPS) is 13.5. The molecule has 0 aliphatic heterocycles. The first-order valence-corrected chi connectivity index (χ1v) is 12.1. The summed E-state index contributed by atoms with van der Waals surface area (Å²) in [5, 5.41) is 27.8. The minimum atomic E-state index is -5.08. The van der Waals surface area contributed by atoms with Crippen LogP contribution in [0.3, 0.4) is 0 Å². The number of halogens is 4. The van der Waals surface area contributed by atoms with Gasteiger partial charge in [-0.2, -0.15) is 18.3 Å². The van der Waals surface area contributed by atoms with E-state index in [1.807, 2.05) is 12.1 Å². The number of anilines is 1. The number of pyridine rings is 1. The minimum Gasteiger partial charge on any atom is -0.475 e. The lowest BCUT2D eigenvalue weighted by Crippen LogP contribution is -2.21. The predicted octanol–water partition coefficient (Wildman–Crippen LogP) is 2.49. The molecule has 40 heavy (non-hydrogen) atoms. The van der Waals surface area contributed by atoms with Crippen molar-refractivity contribution in [3.8, 4) is 0 Å². The van der Waals surface area contributed by atoms with Gasteiger partial charge in [0.15, 0.2) is 11.5 Å².